The molecule has 0 spiro atoms. The Morgan fingerprint density at radius 3 is 2.58 bits per heavy atom. The highest BCUT2D eigenvalue weighted by Crippen LogP contribution is 2.30. The number of aromatic nitrogens is 2. The number of halogens is 3. The Kier molecular flexibility index (Phi) is 5.67. The third-order valence-corrected chi connectivity index (χ3v) is 6.07. The Morgan fingerprint density at radius 1 is 1.14 bits per heavy atom. The van der Waals surface area contributed by atoms with Crippen molar-refractivity contribution in [3.05, 3.63) is 102 Å². The van der Waals surface area contributed by atoms with Crippen LogP contribution in [-0.4, -0.2) is 26.3 Å². The predicted octanol–water partition coefficient (Wildman–Crippen LogP) is 4.03. The summed E-state index contributed by atoms with van der Waals surface area (Å²) in [5.74, 6) is 0.178. The predicted molar refractivity (Wildman–Crippen MR) is 122 cm³/mol. The molecule has 3 heterocycles. The van der Waals surface area contributed by atoms with E-state index in [0.717, 1.165) is 12.1 Å². The lowest BCUT2D eigenvalue weighted by atomic mass is 10.0. The fraction of sp³-hybridized carbons (Fsp3) is 0.208. The number of non-ortho nitro benzene ring substituents is 1. The molecule has 2 aromatic carbocycles. The molecule has 9 nitrogen and oxygen atoms in total. The van der Waals surface area contributed by atoms with Crippen LogP contribution in [0.25, 0.3) is 22.4 Å². The molecule has 0 unspecified atom stereocenters. The summed E-state index contributed by atoms with van der Waals surface area (Å²) in [7, 11) is 0. The third-order valence-electron chi connectivity index (χ3n) is 6.07. The summed E-state index contributed by atoms with van der Waals surface area (Å²) in [6, 6.07) is 8.17. The molecule has 12 heteroatoms. The molecule has 0 fully saturated rings. The average Bonchev–Trinajstić information content (AvgIpc) is 2.85. The van der Waals surface area contributed by atoms with Crippen LogP contribution in [0.3, 0.4) is 0 Å². The van der Waals surface area contributed by atoms with Gasteiger partial charge in [0.1, 0.15) is 11.4 Å². The number of alkyl halides is 3. The first-order valence-electron chi connectivity index (χ1n) is 10.8. The first-order chi connectivity index (χ1) is 17.1. The van der Waals surface area contributed by atoms with E-state index in [-0.39, 0.29) is 41.1 Å². The van der Waals surface area contributed by atoms with Crippen molar-refractivity contribution in [2.45, 2.75) is 25.7 Å². The largest absolute Gasteiger partial charge is 0.464 e. The van der Waals surface area contributed by atoms with Gasteiger partial charge in [-0.1, -0.05) is 12.1 Å². The van der Waals surface area contributed by atoms with Gasteiger partial charge in [-0.3, -0.25) is 24.6 Å². The monoisotopic (exact) mass is 498 g/mol. The summed E-state index contributed by atoms with van der Waals surface area (Å²) in [6.07, 6.45) is -2.77. The summed E-state index contributed by atoms with van der Waals surface area (Å²) in [5, 5.41) is 11.2. The Bertz CT molecular complexity index is 1610. The number of benzene rings is 2. The maximum absolute atomic E-state index is 12.9. The van der Waals surface area contributed by atoms with Crippen molar-refractivity contribution in [1.82, 2.24) is 14.9 Å². The van der Waals surface area contributed by atoms with Crippen LogP contribution in [0.4, 0.5) is 18.9 Å². The second-order valence-electron chi connectivity index (χ2n) is 8.40. The minimum absolute atomic E-state index is 0.0970. The zero-order chi connectivity index (χ0) is 25.6. The summed E-state index contributed by atoms with van der Waals surface area (Å²) in [6.45, 7) is 0.806. The number of H-pyrrole nitrogens is 1. The van der Waals surface area contributed by atoms with Crippen molar-refractivity contribution in [2.24, 2.45) is 0 Å². The highest BCUT2D eigenvalue weighted by Gasteiger charge is 2.30. The van der Waals surface area contributed by atoms with Crippen LogP contribution in [0.5, 0.6) is 0 Å². The van der Waals surface area contributed by atoms with Crippen LogP contribution in [0, 0.1) is 10.1 Å². The Balaban J connectivity index is 1.39. The van der Waals surface area contributed by atoms with E-state index in [0.29, 0.717) is 29.8 Å². The zero-order valence-electron chi connectivity index (χ0n) is 18.5. The topological polar surface area (TPSA) is 122 Å². The number of aromatic amines is 1. The van der Waals surface area contributed by atoms with Gasteiger partial charge in [0.25, 0.3) is 11.2 Å². The number of fused-ring (bicyclic) bond motifs is 2. The van der Waals surface area contributed by atoms with Crippen LogP contribution in [0.2, 0.25) is 0 Å². The maximum atomic E-state index is 12.9. The lowest BCUT2D eigenvalue weighted by molar-refractivity contribution is -0.384. The van der Waals surface area contributed by atoms with Crippen molar-refractivity contribution < 1.29 is 22.5 Å². The summed E-state index contributed by atoms with van der Waals surface area (Å²) in [5.41, 5.74) is -0.0181. The molecule has 0 amide bonds. The zero-order valence-corrected chi connectivity index (χ0v) is 18.5. The van der Waals surface area contributed by atoms with Crippen LogP contribution < -0.4 is 11.0 Å². The van der Waals surface area contributed by atoms with Gasteiger partial charge in [-0.25, -0.2) is 4.98 Å². The molecule has 36 heavy (non-hydrogen) atoms. The minimum atomic E-state index is -4.46. The maximum Gasteiger partial charge on any atom is 0.416 e. The first kappa shape index (κ1) is 23.4. The molecule has 0 saturated heterocycles. The molecule has 0 atom stereocenters. The smallest absolute Gasteiger partial charge is 0.416 e. The van der Waals surface area contributed by atoms with Gasteiger partial charge >= 0.3 is 6.18 Å². The summed E-state index contributed by atoms with van der Waals surface area (Å²) < 4.78 is 44.0. The minimum Gasteiger partial charge on any atom is -0.464 e. The van der Waals surface area contributed by atoms with Crippen LogP contribution in [0.15, 0.2) is 62.7 Å². The summed E-state index contributed by atoms with van der Waals surface area (Å²) >= 11 is 0. The number of nitro groups is 1. The number of rotatable bonds is 4. The normalized spacial score (nSPS) is 14.1. The number of nitrogens with one attached hydrogen (secondary N) is 1. The highest BCUT2D eigenvalue weighted by molar-refractivity contribution is 5.79. The van der Waals surface area contributed by atoms with Crippen molar-refractivity contribution in [3.63, 3.8) is 0 Å². The fourth-order valence-electron chi connectivity index (χ4n) is 4.19. The van der Waals surface area contributed by atoms with E-state index >= 15 is 0 Å². The number of nitro benzene ring substituents is 1. The molecule has 4 aromatic rings. The fourth-order valence-corrected chi connectivity index (χ4v) is 4.19. The lowest BCUT2D eigenvalue weighted by Crippen LogP contribution is -2.36. The highest BCUT2D eigenvalue weighted by atomic mass is 19.4. The van der Waals surface area contributed by atoms with Crippen molar-refractivity contribution >= 4 is 16.7 Å². The second kappa shape index (κ2) is 8.72. The molecule has 0 bridgehead atoms. The molecule has 0 radical (unpaired) electrons. The number of hydrogen-bond donors (Lipinski definition) is 1. The van der Waals surface area contributed by atoms with Gasteiger partial charge in [-0.15, -0.1) is 0 Å². The third kappa shape index (κ3) is 4.38. The van der Waals surface area contributed by atoms with Gasteiger partial charge in [0.15, 0.2) is 5.43 Å². The van der Waals surface area contributed by atoms with E-state index in [1.165, 1.54) is 36.6 Å². The molecule has 0 saturated carbocycles. The summed E-state index contributed by atoms with van der Waals surface area (Å²) in [4.78, 5) is 45.1. The van der Waals surface area contributed by atoms with Gasteiger partial charge in [0.2, 0.25) is 0 Å². The Morgan fingerprint density at radius 2 is 1.89 bits per heavy atom. The van der Waals surface area contributed by atoms with E-state index in [4.69, 9.17) is 4.42 Å². The number of nitrogens with zero attached hydrogens (tertiary/aromatic N) is 3. The first-order valence-corrected chi connectivity index (χ1v) is 10.8. The van der Waals surface area contributed by atoms with Crippen LogP contribution >= 0.6 is 0 Å². The van der Waals surface area contributed by atoms with E-state index in [9.17, 15) is 32.9 Å². The van der Waals surface area contributed by atoms with Crippen LogP contribution in [-0.2, 0) is 25.7 Å². The van der Waals surface area contributed by atoms with Crippen molar-refractivity contribution in [1.29, 1.82) is 0 Å². The molecular weight excluding hydrogens is 481 g/mol. The van der Waals surface area contributed by atoms with Gasteiger partial charge in [-0.05, 0) is 18.2 Å². The molecule has 2 aromatic heterocycles. The molecule has 5 rings (SSSR count). The van der Waals surface area contributed by atoms with Crippen LogP contribution in [0.1, 0.15) is 22.4 Å². The molecule has 1 aliphatic rings. The second-order valence-corrected chi connectivity index (χ2v) is 8.40. The van der Waals surface area contributed by atoms with E-state index in [2.05, 4.69) is 9.97 Å². The quantitative estimate of drug-likeness (QED) is 0.333. The van der Waals surface area contributed by atoms with Gasteiger partial charge in [0, 0.05) is 49.3 Å². The molecule has 184 valence electrons. The molecular formula is C24H17F3N4O5. The number of hydrogen-bond acceptors (Lipinski definition) is 7. The van der Waals surface area contributed by atoms with Gasteiger partial charge in [0.05, 0.1) is 33.4 Å². The lowest BCUT2D eigenvalue weighted by Gasteiger charge is -2.27. The molecule has 0 aliphatic carbocycles. The standard InChI is InChI=1S/C24H17F3N4O5/c25-24(26,27)15-3-1-13(2-4-15)22-28-19-7-8-30(11-18(19)23(33)29-22)10-14-12-36-20-6-5-16(31(34)35)9-17(20)21(14)32/h1-6,9,12H,7-8,10-11H2,(H,28,29,33). The SMILES string of the molecule is O=c1[nH]c(-c2ccc(C(F)(F)F)cc2)nc2c1CN(Cc1coc3ccc([N+](=O)[O-])cc3c1=O)CC2. The van der Waals surface area contributed by atoms with Crippen molar-refractivity contribution in [3.8, 4) is 11.4 Å². The van der Waals surface area contributed by atoms with Gasteiger partial charge < -0.3 is 9.40 Å². The van der Waals surface area contributed by atoms with E-state index in [1.54, 1.807) is 0 Å². The molecule has 1 N–H and O–H groups in total. The Hall–Kier alpha value is -4.32. The van der Waals surface area contributed by atoms with Gasteiger partial charge in [-0.2, -0.15) is 13.2 Å². The Labute approximate surface area is 200 Å². The van der Waals surface area contributed by atoms with E-state index < -0.39 is 27.7 Å². The molecule has 1 aliphatic heterocycles. The average molecular weight is 498 g/mol. The van der Waals surface area contributed by atoms with Crippen molar-refractivity contribution in [2.75, 3.05) is 6.54 Å². The van der Waals surface area contributed by atoms with E-state index in [1.807, 2.05) is 4.90 Å².